The molecule has 1 aliphatic carbocycles. The van der Waals surface area contributed by atoms with Crippen LogP contribution in [-0.4, -0.2) is 66.2 Å². The van der Waals surface area contributed by atoms with Crippen LogP contribution >= 0.6 is 0 Å². The molecule has 0 aromatic carbocycles. The molecular formula is C17H26N4O4S. The molecule has 0 spiro atoms. The lowest BCUT2D eigenvalue weighted by Crippen LogP contribution is -2.46. The second-order valence-corrected chi connectivity index (χ2v) is 9.77. The van der Waals surface area contributed by atoms with Crippen molar-refractivity contribution in [1.82, 2.24) is 19.4 Å². The maximum absolute atomic E-state index is 12.8. The summed E-state index contributed by atoms with van der Waals surface area (Å²) in [6.45, 7) is 2.29. The third kappa shape index (κ3) is 3.78. The zero-order valence-electron chi connectivity index (χ0n) is 15.1. The minimum Gasteiger partial charge on any atom is -0.425 e. The van der Waals surface area contributed by atoms with Gasteiger partial charge in [-0.05, 0) is 38.5 Å². The Labute approximate surface area is 154 Å². The van der Waals surface area contributed by atoms with Crippen LogP contribution < -0.4 is 0 Å². The van der Waals surface area contributed by atoms with Gasteiger partial charge in [-0.25, -0.2) is 12.7 Å². The summed E-state index contributed by atoms with van der Waals surface area (Å²) in [5, 5.41) is 8.37. The first-order valence-electron chi connectivity index (χ1n) is 9.49. The number of aromatic nitrogens is 2. The van der Waals surface area contributed by atoms with Crippen LogP contribution in [0.5, 0.6) is 0 Å². The fourth-order valence-electron chi connectivity index (χ4n) is 3.95. The van der Waals surface area contributed by atoms with E-state index >= 15 is 0 Å². The van der Waals surface area contributed by atoms with E-state index < -0.39 is 10.0 Å². The number of sulfonamides is 1. The molecule has 0 unspecified atom stereocenters. The van der Waals surface area contributed by atoms with Crippen LogP contribution in [0.3, 0.4) is 0 Å². The molecule has 2 aliphatic heterocycles. The zero-order valence-corrected chi connectivity index (χ0v) is 15.9. The Morgan fingerprint density at radius 3 is 1.96 bits per heavy atom. The first-order chi connectivity index (χ1) is 12.4. The van der Waals surface area contributed by atoms with E-state index in [1.807, 2.05) is 4.90 Å². The summed E-state index contributed by atoms with van der Waals surface area (Å²) in [4.78, 5) is 14.7. The highest BCUT2D eigenvalue weighted by Crippen LogP contribution is 2.40. The highest BCUT2D eigenvalue weighted by molar-refractivity contribution is 7.88. The molecule has 1 aromatic rings. The molecule has 144 valence electrons. The maximum atomic E-state index is 12.8. The summed E-state index contributed by atoms with van der Waals surface area (Å²) < 4.78 is 30.5. The minimum absolute atomic E-state index is 0.0607. The number of carbonyl (C=O) groups is 1. The van der Waals surface area contributed by atoms with Crippen molar-refractivity contribution in [2.45, 2.75) is 50.4 Å². The van der Waals surface area contributed by atoms with Gasteiger partial charge in [0, 0.05) is 43.9 Å². The molecule has 0 radical (unpaired) electrons. The molecule has 2 saturated heterocycles. The molecule has 0 atom stereocenters. The number of nitrogens with zero attached hydrogens (tertiary/aromatic N) is 4. The first kappa shape index (κ1) is 17.9. The Kier molecular flexibility index (Phi) is 4.77. The number of amides is 1. The van der Waals surface area contributed by atoms with E-state index in [4.69, 9.17) is 4.42 Å². The second-order valence-electron chi connectivity index (χ2n) is 7.79. The molecule has 1 amide bonds. The third-order valence-electron chi connectivity index (χ3n) is 5.81. The number of hydrogen-bond donors (Lipinski definition) is 0. The molecule has 9 heteroatoms. The summed E-state index contributed by atoms with van der Waals surface area (Å²) in [5.41, 5.74) is 0. The summed E-state index contributed by atoms with van der Waals surface area (Å²) in [6.07, 6.45) is 6.44. The van der Waals surface area contributed by atoms with E-state index in [0.717, 1.165) is 37.5 Å². The molecule has 8 nitrogen and oxygen atoms in total. The number of piperidine rings is 2. The van der Waals surface area contributed by atoms with Crippen molar-refractivity contribution in [3.63, 3.8) is 0 Å². The van der Waals surface area contributed by atoms with Crippen molar-refractivity contribution >= 4 is 15.9 Å². The number of carbonyl (C=O) groups excluding carboxylic acids is 1. The van der Waals surface area contributed by atoms with Crippen LogP contribution in [-0.2, 0) is 14.8 Å². The molecule has 1 saturated carbocycles. The van der Waals surface area contributed by atoms with Crippen LogP contribution in [0, 0.1) is 5.92 Å². The van der Waals surface area contributed by atoms with Gasteiger partial charge in [0.1, 0.15) is 0 Å². The zero-order chi connectivity index (χ0) is 18.3. The number of rotatable bonds is 4. The third-order valence-corrected chi connectivity index (χ3v) is 7.11. The Balaban J connectivity index is 1.28. The Morgan fingerprint density at radius 1 is 0.923 bits per heavy atom. The fraction of sp³-hybridized carbons (Fsp3) is 0.824. The molecule has 0 N–H and O–H groups in total. The lowest BCUT2D eigenvalue weighted by atomic mass is 9.92. The topological polar surface area (TPSA) is 96.6 Å². The van der Waals surface area contributed by atoms with Gasteiger partial charge in [0.05, 0.1) is 6.26 Å². The van der Waals surface area contributed by atoms with Gasteiger partial charge in [0.15, 0.2) is 0 Å². The predicted octanol–water partition coefficient (Wildman–Crippen LogP) is 1.32. The van der Waals surface area contributed by atoms with Crippen molar-refractivity contribution in [3.8, 4) is 0 Å². The van der Waals surface area contributed by atoms with Gasteiger partial charge in [0.25, 0.3) is 0 Å². The Bertz CT molecular complexity index is 757. The fourth-order valence-corrected chi connectivity index (χ4v) is 4.82. The second kappa shape index (κ2) is 6.92. The van der Waals surface area contributed by atoms with E-state index in [-0.39, 0.29) is 17.7 Å². The molecule has 4 rings (SSSR count). The van der Waals surface area contributed by atoms with E-state index in [9.17, 15) is 13.2 Å². The van der Waals surface area contributed by atoms with Gasteiger partial charge in [-0.2, -0.15) is 0 Å². The largest absolute Gasteiger partial charge is 0.425 e. The molecule has 3 aliphatic rings. The SMILES string of the molecule is CS(=O)(=O)N1CCC(C(=O)N2CCC(c3nnc(C4CC4)o3)CC2)CC1. The highest BCUT2D eigenvalue weighted by Gasteiger charge is 2.35. The van der Waals surface area contributed by atoms with E-state index in [1.54, 1.807) is 0 Å². The predicted molar refractivity (Wildman–Crippen MR) is 94.0 cm³/mol. The molecule has 0 bridgehead atoms. The Morgan fingerprint density at radius 2 is 1.46 bits per heavy atom. The molecule has 3 heterocycles. The van der Waals surface area contributed by atoms with Crippen molar-refractivity contribution < 1.29 is 17.6 Å². The van der Waals surface area contributed by atoms with Crippen molar-refractivity contribution in [2.75, 3.05) is 32.4 Å². The van der Waals surface area contributed by atoms with E-state index in [0.29, 0.717) is 44.9 Å². The Hall–Kier alpha value is -1.48. The van der Waals surface area contributed by atoms with Gasteiger partial charge in [-0.3, -0.25) is 4.79 Å². The maximum Gasteiger partial charge on any atom is 0.225 e. The van der Waals surface area contributed by atoms with Crippen LogP contribution in [0.1, 0.15) is 62.1 Å². The summed E-state index contributed by atoms with van der Waals surface area (Å²) in [7, 11) is -3.15. The average Bonchev–Trinajstić information content (AvgIpc) is 3.38. The quantitative estimate of drug-likeness (QED) is 0.779. The van der Waals surface area contributed by atoms with Gasteiger partial charge < -0.3 is 9.32 Å². The van der Waals surface area contributed by atoms with Gasteiger partial charge in [-0.15, -0.1) is 10.2 Å². The summed E-state index contributed by atoms with van der Waals surface area (Å²) >= 11 is 0. The van der Waals surface area contributed by atoms with Crippen molar-refractivity contribution in [3.05, 3.63) is 11.8 Å². The van der Waals surface area contributed by atoms with Gasteiger partial charge >= 0.3 is 0 Å². The lowest BCUT2D eigenvalue weighted by molar-refractivity contribution is -0.137. The smallest absolute Gasteiger partial charge is 0.225 e. The monoisotopic (exact) mass is 382 g/mol. The molecule has 26 heavy (non-hydrogen) atoms. The van der Waals surface area contributed by atoms with Crippen molar-refractivity contribution in [1.29, 1.82) is 0 Å². The standard InChI is InChI=1S/C17H26N4O4S/c1-26(23,24)21-10-6-14(7-11-21)17(22)20-8-4-13(5-9-20)16-19-18-15(25-16)12-2-3-12/h12-14H,2-11H2,1H3. The van der Waals surface area contributed by atoms with Crippen LogP contribution in [0.15, 0.2) is 4.42 Å². The highest BCUT2D eigenvalue weighted by atomic mass is 32.2. The average molecular weight is 382 g/mol. The molecule has 3 fully saturated rings. The summed E-state index contributed by atoms with van der Waals surface area (Å²) in [6, 6.07) is 0. The van der Waals surface area contributed by atoms with Gasteiger partial charge in [-0.1, -0.05) is 0 Å². The summed E-state index contributed by atoms with van der Waals surface area (Å²) in [5.74, 6) is 2.31. The number of likely N-dealkylation sites (tertiary alicyclic amines) is 1. The minimum atomic E-state index is -3.15. The van der Waals surface area contributed by atoms with Gasteiger partial charge in [0.2, 0.25) is 27.7 Å². The lowest BCUT2D eigenvalue weighted by Gasteiger charge is -2.36. The van der Waals surface area contributed by atoms with E-state index in [1.165, 1.54) is 10.6 Å². The van der Waals surface area contributed by atoms with Crippen molar-refractivity contribution in [2.24, 2.45) is 5.92 Å². The van der Waals surface area contributed by atoms with Crippen LogP contribution in [0.2, 0.25) is 0 Å². The van der Waals surface area contributed by atoms with Crippen LogP contribution in [0.25, 0.3) is 0 Å². The first-order valence-corrected chi connectivity index (χ1v) is 11.3. The van der Waals surface area contributed by atoms with E-state index in [2.05, 4.69) is 10.2 Å². The normalized spacial score (nSPS) is 24.1. The van der Waals surface area contributed by atoms with Crippen LogP contribution in [0.4, 0.5) is 0 Å². The molecular weight excluding hydrogens is 356 g/mol. The number of hydrogen-bond acceptors (Lipinski definition) is 6. The molecule has 1 aromatic heterocycles.